The van der Waals surface area contributed by atoms with Gasteiger partial charge in [0.05, 0.1) is 5.92 Å². The number of ether oxygens (including phenoxy) is 1. The van der Waals surface area contributed by atoms with Gasteiger partial charge in [0, 0.05) is 33.2 Å². The number of amides is 2. The average Bonchev–Trinajstić information content (AvgIpc) is 2.93. The zero-order chi connectivity index (χ0) is 15.9. The first-order valence-corrected chi connectivity index (χ1v) is 8.25. The number of carbonyl (C=O) groups is 2. The van der Waals surface area contributed by atoms with Crippen LogP contribution in [0.2, 0.25) is 0 Å². The highest BCUT2D eigenvalue weighted by Gasteiger charge is 2.28. The van der Waals surface area contributed by atoms with Crippen LogP contribution in [-0.4, -0.2) is 60.3 Å². The fraction of sp³-hybridized carbons (Fsp3) is 0.714. The number of methoxy groups -OCH3 is 1. The SMILES string of the molecule is COCC(=O)N1CCC[C@@H](C(=O)NCCc2nnc(C)s2)C1. The average molecular weight is 326 g/mol. The van der Waals surface area contributed by atoms with E-state index in [1.54, 1.807) is 16.2 Å². The molecule has 0 spiro atoms. The number of piperidine rings is 1. The predicted octanol–water partition coefficient (Wildman–Crippen LogP) is 0.390. The van der Waals surface area contributed by atoms with Crippen LogP contribution in [0, 0.1) is 12.8 Å². The Balaban J connectivity index is 1.75. The second-order valence-electron chi connectivity index (χ2n) is 5.37. The number of likely N-dealkylation sites (tertiary alicyclic amines) is 1. The Morgan fingerprint density at radius 1 is 1.45 bits per heavy atom. The minimum atomic E-state index is -0.134. The van der Waals surface area contributed by atoms with Gasteiger partial charge in [-0.3, -0.25) is 9.59 Å². The molecule has 1 N–H and O–H groups in total. The smallest absolute Gasteiger partial charge is 0.248 e. The van der Waals surface area contributed by atoms with Crippen LogP contribution < -0.4 is 5.32 Å². The van der Waals surface area contributed by atoms with E-state index in [0.717, 1.165) is 22.9 Å². The number of nitrogens with one attached hydrogen (secondary N) is 1. The third kappa shape index (κ3) is 4.74. The van der Waals surface area contributed by atoms with Crippen LogP contribution >= 0.6 is 11.3 Å². The van der Waals surface area contributed by atoms with E-state index in [4.69, 9.17) is 4.74 Å². The molecule has 8 heteroatoms. The van der Waals surface area contributed by atoms with Gasteiger partial charge < -0.3 is 15.0 Å². The van der Waals surface area contributed by atoms with E-state index in [1.807, 2.05) is 6.92 Å². The van der Waals surface area contributed by atoms with Crippen molar-refractivity contribution in [2.45, 2.75) is 26.2 Å². The van der Waals surface area contributed by atoms with E-state index >= 15 is 0 Å². The van der Waals surface area contributed by atoms with Crippen molar-refractivity contribution in [3.63, 3.8) is 0 Å². The van der Waals surface area contributed by atoms with Crippen molar-refractivity contribution in [3.05, 3.63) is 10.0 Å². The van der Waals surface area contributed by atoms with Gasteiger partial charge in [-0.05, 0) is 19.8 Å². The highest BCUT2D eigenvalue weighted by molar-refractivity contribution is 7.11. The van der Waals surface area contributed by atoms with Gasteiger partial charge in [-0.15, -0.1) is 21.5 Å². The van der Waals surface area contributed by atoms with Gasteiger partial charge in [0.1, 0.15) is 16.6 Å². The normalized spacial score (nSPS) is 18.3. The standard InChI is InChI=1S/C14H22N4O3S/c1-10-16-17-12(22-10)5-6-15-14(20)11-4-3-7-18(8-11)13(19)9-21-2/h11H,3-9H2,1-2H3,(H,15,20)/t11-/m1/s1. The van der Waals surface area contributed by atoms with Crippen LogP contribution in [0.25, 0.3) is 0 Å². The van der Waals surface area contributed by atoms with Crippen LogP contribution in [0.15, 0.2) is 0 Å². The van der Waals surface area contributed by atoms with Crippen LogP contribution in [0.4, 0.5) is 0 Å². The summed E-state index contributed by atoms with van der Waals surface area (Å²) in [4.78, 5) is 25.7. The summed E-state index contributed by atoms with van der Waals surface area (Å²) in [6.07, 6.45) is 2.36. The van der Waals surface area contributed by atoms with Crippen molar-refractivity contribution in [2.24, 2.45) is 5.92 Å². The molecule has 1 aliphatic heterocycles. The molecule has 1 aliphatic rings. The number of hydrogen-bond donors (Lipinski definition) is 1. The minimum Gasteiger partial charge on any atom is -0.375 e. The molecule has 1 atom stereocenters. The molecule has 0 aromatic carbocycles. The Morgan fingerprint density at radius 3 is 2.95 bits per heavy atom. The maximum atomic E-state index is 12.2. The summed E-state index contributed by atoms with van der Waals surface area (Å²) < 4.78 is 4.86. The molecule has 2 heterocycles. The van der Waals surface area contributed by atoms with E-state index in [1.165, 1.54) is 7.11 Å². The number of rotatable bonds is 6. The fourth-order valence-electron chi connectivity index (χ4n) is 2.51. The second-order valence-corrected chi connectivity index (χ2v) is 6.63. The molecule has 1 fully saturated rings. The molecule has 0 bridgehead atoms. The lowest BCUT2D eigenvalue weighted by Gasteiger charge is -2.31. The van der Waals surface area contributed by atoms with Crippen molar-refractivity contribution in [2.75, 3.05) is 33.4 Å². The number of aromatic nitrogens is 2. The molecule has 122 valence electrons. The Hall–Kier alpha value is -1.54. The largest absolute Gasteiger partial charge is 0.375 e. The molecule has 2 amide bonds. The van der Waals surface area contributed by atoms with Gasteiger partial charge in [-0.25, -0.2) is 0 Å². The summed E-state index contributed by atoms with van der Waals surface area (Å²) in [7, 11) is 1.50. The summed E-state index contributed by atoms with van der Waals surface area (Å²) in [5, 5.41) is 12.8. The van der Waals surface area contributed by atoms with Crippen LogP contribution in [-0.2, 0) is 20.7 Å². The Kier molecular flexibility index (Phi) is 6.26. The molecular formula is C14H22N4O3S. The quantitative estimate of drug-likeness (QED) is 0.817. The molecule has 2 rings (SSSR count). The lowest BCUT2D eigenvalue weighted by Crippen LogP contribution is -2.46. The van der Waals surface area contributed by atoms with Gasteiger partial charge in [-0.2, -0.15) is 0 Å². The van der Waals surface area contributed by atoms with Crippen molar-refractivity contribution in [1.29, 1.82) is 0 Å². The van der Waals surface area contributed by atoms with Gasteiger partial charge in [0.2, 0.25) is 11.8 Å². The first-order valence-electron chi connectivity index (χ1n) is 7.43. The summed E-state index contributed by atoms with van der Waals surface area (Å²) in [5.74, 6) is -0.175. The van der Waals surface area contributed by atoms with Crippen molar-refractivity contribution < 1.29 is 14.3 Å². The van der Waals surface area contributed by atoms with Crippen molar-refractivity contribution in [1.82, 2.24) is 20.4 Å². The van der Waals surface area contributed by atoms with Gasteiger partial charge in [0.15, 0.2) is 0 Å². The lowest BCUT2D eigenvalue weighted by atomic mass is 9.97. The van der Waals surface area contributed by atoms with Crippen LogP contribution in [0.3, 0.4) is 0 Å². The van der Waals surface area contributed by atoms with Crippen LogP contribution in [0.1, 0.15) is 22.9 Å². The molecule has 0 aliphatic carbocycles. The highest BCUT2D eigenvalue weighted by atomic mass is 32.1. The molecule has 1 aromatic rings. The molecule has 0 radical (unpaired) electrons. The first-order chi connectivity index (χ1) is 10.6. The second kappa shape index (κ2) is 8.19. The lowest BCUT2D eigenvalue weighted by molar-refractivity contribution is -0.138. The van der Waals surface area contributed by atoms with E-state index in [-0.39, 0.29) is 24.3 Å². The molecule has 0 unspecified atom stereocenters. The summed E-state index contributed by atoms with van der Waals surface area (Å²) in [6, 6.07) is 0. The molecule has 22 heavy (non-hydrogen) atoms. The van der Waals surface area contributed by atoms with E-state index < -0.39 is 0 Å². The predicted molar refractivity (Wildman–Crippen MR) is 82.5 cm³/mol. The third-order valence-electron chi connectivity index (χ3n) is 3.62. The Morgan fingerprint density at radius 2 is 2.27 bits per heavy atom. The van der Waals surface area contributed by atoms with Crippen molar-refractivity contribution in [3.8, 4) is 0 Å². The van der Waals surface area contributed by atoms with Gasteiger partial charge in [-0.1, -0.05) is 0 Å². The minimum absolute atomic E-state index is 0.0103. The van der Waals surface area contributed by atoms with Crippen molar-refractivity contribution >= 4 is 23.2 Å². The molecule has 1 aromatic heterocycles. The van der Waals surface area contributed by atoms with Gasteiger partial charge >= 0.3 is 0 Å². The number of nitrogens with zero attached hydrogens (tertiary/aromatic N) is 3. The first kappa shape index (κ1) is 16.8. The van der Waals surface area contributed by atoms with E-state index in [9.17, 15) is 9.59 Å². The summed E-state index contributed by atoms with van der Waals surface area (Å²) >= 11 is 1.54. The van der Waals surface area contributed by atoms with Gasteiger partial charge in [0.25, 0.3) is 0 Å². The summed E-state index contributed by atoms with van der Waals surface area (Å²) in [5.41, 5.74) is 0. The zero-order valence-electron chi connectivity index (χ0n) is 13.0. The number of hydrogen-bond acceptors (Lipinski definition) is 6. The summed E-state index contributed by atoms with van der Waals surface area (Å²) in [6.45, 7) is 3.72. The molecule has 1 saturated heterocycles. The van der Waals surface area contributed by atoms with E-state index in [2.05, 4.69) is 15.5 Å². The molecule has 7 nitrogen and oxygen atoms in total. The monoisotopic (exact) mass is 326 g/mol. The fourth-order valence-corrected chi connectivity index (χ4v) is 3.22. The van der Waals surface area contributed by atoms with E-state index in [0.29, 0.717) is 26.1 Å². The highest BCUT2D eigenvalue weighted by Crippen LogP contribution is 2.17. The zero-order valence-corrected chi connectivity index (χ0v) is 13.8. The van der Waals surface area contributed by atoms with Crippen LogP contribution in [0.5, 0.6) is 0 Å². The molecular weight excluding hydrogens is 304 g/mol. The number of carbonyl (C=O) groups excluding carboxylic acids is 2. The third-order valence-corrected chi connectivity index (χ3v) is 4.52. The Labute approximate surface area is 134 Å². The molecule has 0 saturated carbocycles. The Bertz CT molecular complexity index is 520. The number of aryl methyl sites for hydroxylation is 1. The maximum Gasteiger partial charge on any atom is 0.248 e. The maximum absolute atomic E-state index is 12.2. The topological polar surface area (TPSA) is 84.4 Å².